The van der Waals surface area contributed by atoms with Gasteiger partial charge in [-0.15, -0.1) is 0 Å². The smallest absolute Gasteiger partial charge is 0.440 e. The number of hydrogen-bond acceptors (Lipinski definition) is 4. The van der Waals surface area contributed by atoms with E-state index in [0.717, 1.165) is 13.8 Å². The molecule has 1 N–H and O–H groups in total. The summed E-state index contributed by atoms with van der Waals surface area (Å²) >= 11 is 0. The van der Waals surface area contributed by atoms with E-state index in [2.05, 4.69) is 9.47 Å². The normalized spacial score (nSPS) is 31.2. The van der Waals surface area contributed by atoms with Crippen molar-refractivity contribution in [2.24, 2.45) is 5.41 Å². The largest absolute Gasteiger partial charge is 0.449 e. The molecule has 1 saturated heterocycles. The number of rotatable bonds is 3. The Labute approximate surface area is 130 Å². The predicted octanol–water partition coefficient (Wildman–Crippen LogP) is 3.18. The van der Waals surface area contributed by atoms with E-state index < -0.39 is 47.7 Å². The molecule has 1 rings (SSSR count). The van der Waals surface area contributed by atoms with E-state index in [1.165, 1.54) is 6.92 Å². The topological polar surface area (TPSA) is 55.8 Å². The van der Waals surface area contributed by atoms with Crippen LogP contribution in [-0.2, 0) is 14.3 Å². The Morgan fingerprint density at radius 3 is 1.88 bits per heavy atom. The quantitative estimate of drug-likeness (QED) is 0.609. The van der Waals surface area contributed by atoms with Crippen LogP contribution in [0.1, 0.15) is 27.2 Å². The molecule has 0 bridgehead atoms. The molecule has 0 radical (unpaired) electrons. The highest BCUT2D eigenvalue weighted by atomic mass is 19.4. The third-order valence-corrected chi connectivity index (χ3v) is 3.96. The fraction of sp³-hybridized carbons (Fsp3) is 0.917. The zero-order valence-corrected chi connectivity index (χ0v) is 12.6. The fourth-order valence-electron chi connectivity index (χ4n) is 1.77. The number of esters is 1. The van der Waals surface area contributed by atoms with Gasteiger partial charge in [-0.1, -0.05) is 6.92 Å². The Morgan fingerprint density at radius 2 is 1.58 bits per heavy atom. The summed E-state index contributed by atoms with van der Waals surface area (Å²) in [6.07, 6.45) is -12.6. The van der Waals surface area contributed by atoms with Crippen molar-refractivity contribution in [1.82, 2.24) is 0 Å². The lowest BCUT2D eigenvalue weighted by molar-refractivity contribution is -0.421. The van der Waals surface area contributed by atoms with Gasteiger partial charge in [-0.2, -0.15) is 35.1 Å². The van der Waals surface area contributed by atoms with E-state index >= 15 is 0 Å². The van der Waals surface area contributed by atoms with Crippen molar-refractivity contribution in [2.45, 2.75) is 56.9 Å². The van der Waals surface area contributed by atoms with Crippen molar-refractivity contribution < 1.29 is 54.5 Å². The lowest BCUT2D eigenvalue weighted by Crippen LogP contribution is -2.69. The number of hydrogen-bond donors (Lipinski definition) is 1. The van der Waals surface area contributed by atoms with E-state index in [4.69, 9.17) is 5.11 Å². The van der Waals surface area contributed by atoms with Crippen LogP contribution in [0.15, 0.2) is 0 Å². The zero-order chi connectivity index (χ0) is 19.4. The van der Waals surface area contributed by atoms with Gasteiger partial charge < -0.3 is 14.6 Å². The minimum atomic E-state index is -6.27. The van der Waals surface area contributed by atoms with Crippen LogP contribution in [0.25, 0.3) is 0 Å². The summed E-state index contributed by atoms with van der Waals surface area (Å²) in [6.45, 7) is 1.04. The maximum absolute atomic E-state index is 14.1. The molecule has 0 saturated carbocycles. The molecule has 4 nitrogen and oxygen atoms in total. The van der Waals surface area contributed by atoms with Gasteiger partial charge in [0.05, 0.1) is 5.41 Å². The molecule has 0 aromatic carbocycles. The van der Waals surface area contributed by atoms with Gasteiger partial charge in [0.1, 0.15) is 6.61 Å². The Kier molecular flexibility index (Phi) is 4.71. The molecule has 24 heavy (non-hydrogen) atoms. The molecule has 1 fully saturated rings. The highest BCUT2D eigenvalue weighted by molar-refractivity contribution is 5.76. The van der Waals surface area contributed by atoms with Gasteiger partial charge in [0.25, 0.3) is 5.60 Å². The molecular formula is C12H14F8O4. The van der Waals surface area contributed by atoms with Gasteiger partial charge in [-0.25, -0.2) is 0 Å². The fourth-order valence-corrected chi connectivity index (χ4v) is 1.77. The minimum Gasteiger partial charge on any atom is -0.440 e. The highest BCUT2D eigenvalue weighted by Gasteiger charge is 2.90. The van der Waals surface area contributed by atoms with Gasteiger partial charge in [0.2, 0.25) is 0 Å². The van der Waals surface area contributed by atoms with Gasteiger partial charge in [-0.3, -0.25) is 4.79 Å². The number of carbonyl (C=O) groups excluding carboxylic acids is 1. The maximum atomic E-state index is 14.1. The number of alkyl halides is 8. The van der Waals surface area contributed by atoms with E-state index in [9.17, 15) is 39.9 Å². The van der Waals surface area contributed by atoms with Crippen LogP contribution in [0.2, 0.25) is 0 Å². The van der Waals surface area contributed by atoms with Crippen LogP contribution in [0.5, 0.6) is 0 Å². The van der Waals surface area contributed by atoms with Gasteiger partial charge in [0, 0.05) is 0 Å². The average molecular weight is 374 g/mol. The number of carbonyl (C=O) groups is 1. The molecule has 12 heteroatoms. The molecule has 1 aliphatic rings. The SMILES string of the molecule is CCC(C)(C)C(=O)OC1(C(F)(F)F)COC(O)(C(F)(F)F)C1(F)F. The molecule has 0 aromatic rings. The summed E-state index contributed by atoms with van der Waals surface area (Å²) in [5.41, 5.74) is -6.67. The monoisotopic (exact) mass is 374 g/mol. The summed E-state index contributed by atoms with van der Waals surface area (Å²) in [7, 11) is 0. The van der Waals surface area contributed by atoms with Crippen LogP contribution in [0, 0.1) is 5.41 Å². The summed E-state index contributed by atoms with van der Waals surface area (Å²) < 4.78 is 113. The molecule has 1 aliphatic heterocycles. The first-order valence-corrected chi connectivity index (χ1v) is 6.50. The lowest BCUT2D eigenvalue weighted by atomic mass is 9.88. The van der Waals surface area contributed by atoms with E-state index in [0.29, 0.717) is 0 Å². The molecule has 0 amide bonds. The van der Waals surface area contributed by atoms with Crippen LogP contribution >= 0.6 is 0 Å². The predicted molar refractivity (Wildman–Crippen MR) is 60.9 cm³/mol. The number of ether oxygens (including phenoxy) is 2. The van der Waals surface area contributed by atoms with Crippen LogP contribution < -0.4 is 0 Å². The zero-order valence-electron chi connectivity index (χ0n) is 12.6. The van der Waals surface area contributed by atoms with Gasteiger partial charge in [-0.05, 0) is 20.3 Å². The van der Waals surface area contributed by atoms with Crippen molar-refractivity contribution in [2.75, 3.05) is 6.61 Å². The van der Waals surface area contributed by atoms with E-state index in [-0.39, 0.29) is 6.42 Å². The minimum absolute atomic E-state index is 0.143. The first kappa shape index (κ1) is 20.9. The van der Waals surface area contributed by atoms with Crippen molar-refractivity contribution in [1.29, 1.82) is 0 Å². The molecule has 0 aliphatic carbocycles. The number of aliphatic hydroxyl groups is 1. The Morgan fingerprint density at radius 1 is 1.12 bits per heavy atom. The Hall–Kier alpha value is -1.17. The van der Waals surface area contributed by atoms with E-state index in [1.54, 1.807) is 0 Å². The lowest BCUT2D eigenvalue weighted by Gasteiger charge is -2.39. The molecule has 0 spiro atoms. The van der Waals surface area contributed by atoms with Crippen molar-refractivity contribution in [3.63, 3.8) is 0 Å². The summed E-state index contributed by atoms with van der Waals surface area (Å²) in [6, 6.07) is 0. The molecule has 1 heterocycles. The van der Waals surface area contributed by atoms with Crippen molar-refractivity contribution in [3.05, 3.63) is 0 Å². The van der Waals surface area contributed by atoms with Crippen LogP contribution in [-0.4, -0.2) is 47.3 Å². The maximum Gasteiger partial charge on any atom is 0.449 e. The van der Waals surface area contributed by atoms with Gasteiger partial charge >= 0.3 is 30.0 Å². The van der Waals surface area contributed by atoms with Crippen molar-refractivity contribution in [3.8, 4) is 0 Å². The summed E-state index contributed by atoms with van der Waals surface area (Å²) in [4.78, 5) is 11.8. The third kappa shape index (κ3) is 2.63. The second-order valence-electron chi connectivity index (χ2n) is 5.96. The number of halogens is 8. The molecular weight excluding hydrogens is 360 g/mol. The molecule has 142 valence electrons. The summed E-state index contributed by atoms with van der Waals surface area (Å²) in [5, 5.41) is 9.04. The second kappa shape index (κ2) is 5.41. The first-order valence-electron chi connectivity index (χ1n) is 6.50. The summed E-state index contributed by atoms with van der Waals surface area (Å²) in [5.74, 6) is -13.3. The van der Waals surface area contributed by atoms with Crippen molar-refractivity contribution >= 4 is 5.97 Å². The molecule has 2 unspecified atom stereocenters. The standard InChI is InChI=1S/C12H14F8O4/c1-4-7(2,3)6(21)24-8(11(15,16)17)5-23-10(22,9(8,13)14)12(18,19)20/h22H,4-5H2,1-3H3. The second-order valence-corrected chi connectivity index (χ2v) is 5.96. The third-order valence-electron chi connectivity index (χ3n) is 3.96. The van der Waals surface area contributed by atoms with E-state index in [1.807, 2.05) is 0 Å². The molecule has 2 atom stereocenters. The first-order chi connectivity index (χ1) is 10.4. The Balaban J connectivity index is 3.48. The van der Waals surface area contributed by atoms with Crippen LogP contribution in [0.4, 0.5) is 35.1 Å². The van der Waals surface area contributed by atoms with Gasteiger partial charge in [0.15, 0.2) is 0 Å². The van der Waals surface area contributed by atoms with Crippen LogP contribution in [0.3, 0.4) is 0 Å². The highest BCUT2D eigenvalue weighted by Crippen LogP contribution is 2.59. The Bertz CT molecular complexity index is 512. The molecule has 0 aromatic heterocycles. The average Bonchev–Trinajstić information content (AvgIpc) is 2.59.